The predicted molar refractivity (Wildman–Crippen MR) is 112 cm³/mol. The summed E-state index contributed by atoms with van der Waals surface area (Å²) in [7, 11) is -1.45. The van der Waals surface area contributed by atoms with Gasteiger partial charge in [0.05, 0.1) is 0 Å². The van der Waals surface area contributed by atoms with Crippen LogP contribution in [0.4, 0.5) is 0 Å². The molecule has 4 aromatic carbocycles. The Morgan fingerprint density at radius 3 is 2.23 bits per heavy atom. The lowest BCUT2D eigenvalue weighted by Gasteiger charge is -2.07. The van der Waals surface area contributed by atoms with Gasteiger partial charge in [-0.15, -0.1) is 11.3 Å². The van der Waals surface area contributed by atoms with Gasteiger partial charge in [-0.3, -0.25) is 0 Å². The van der Waals surface area contributed by atoms with E-state index < -0.39 is 7.12 Å². The van der Waals surface area contributed by atoms with Crippen LogP contribution in [-0.4, -0.2) is 17.2 Å². The Morgan fingerprint density at radius 1 is 0.654 bits per heavy atom. The number of benzene rings is 4. The monoisotopic (exact) mass is 354 g/mol. The van der Waals surface area contributed by atoms with Crippen LogP contribution in [-0.2, 0) is 0 Å². The Kier molecular flexibility index (Phi) is 3.57. The number of hydrogen-bond acceptors (Lipinski definition) is 3. The number of rotatable bonds is 2. The van der Waals surface area contributed by atoms with E-state index in [1.54, 1.807) is 17.4 Å². The zero-order chi connectivity index (χ0) is 17.7. The van der Waals surface area contributed by atoms with Crippen molar-refractivity contribution in [3.8, 4) is 11.1 Å². The molecule has 1 aromatic heterocycles. The van der Waals surface area contributed by atoms with E-state index in [0.29, 0.717) is 5.46 Å². The predicted octanol–water partition coefficient (Wildman–Crippen LogP) is 4.55. The van der Waals surface area contributed by atoms with Gasteiger partial charge < -0.3 is 10.0 Å². The third-order valence-electron chi connectivity index (χ3n) is 4.89. The zero-order valence-corrected chi connectivity index (χ0v) is 14.7. The molecule has 0 unspecified atom stereocenters. The maximum atomic E-state index is 9.50. The van der Waals surface area contributed by atoms with Crippen molar-refractivity contribution in [3.05, 3.63) is 78.9 Å². The molecule has 0 spiro atoms. The van der Waals surface area contributed by atoms with Crippen molar-refractivity contribution in [1.29, 1.82) is 0 Å². The van der Waals surface area contributed by atoms with E-state index in [2.05, 4.69) is 60.7 Å². The van der Waals surface area contributed by atoms with Crippen molar-refractivity contribution in [3.63, 3.8) is 0 Å². The SMILES string of the molecule is OB(O)c1ccc2sc3ccc(-c4cccc5ccccc45)cc3c2c1. The molecule has 0 radical (unpaired) electrons. The topological polar surface area (TPSA) is 40.5 Å². The van der Waals surface area contributed by atoms with Crippen molar-refractivity contribution in [2.75, 3.05) is 0 Å². The average molecular weight is 354 g/mol. The quantitative estimate of drug-likeness (QED) is 0.457. The molecule has 26 heavy (non-hydrogen) atoms. The maximum absolute atomic E-state index is 9.50. The van der Waals surface area contributed by atoms with Gasteiger partial charge in [0, 0.05) is 14.8 Å². The summed E-state index contributed by atoms with van der Waals surface area (Å²) in [5, 5.41) is 23.7. The molecule has 2 nitrogen and oxygen atoms in total. The fourth-order valence-electron chi connectivity index (χ4n) is 3.60. The third kappa shape index (κ3) is 2.43. The standard InChI is InChI=1S/C22H15BO2S/c24-23(25)16-9-11-22-20(13-16)19-12-15(8-10-21(19)26-22)18-7-3-5-14-4-1-2-6-17(14)18/h1-13,24-25H. The molecule has 2 N–H and O–H groups in total. The van der Waals surface area contributed by atoms with Gasteiger partial charge >= 0.3 is 7.12 Å². The van der Waals surface area contributed by atoms with Crippen molar-refractivity contribution in [2.45, 2.75) is 0 Å². The molecule has 1 heterocycles. The summed E-state index contributed by atoms with van der Waals surface area (Å²) in [6.07, 6.45) is 0. The van der Waals surface area contributed by atoms with Crippen LogP contribution in [0.25, 0.3) is 42.1 Å². The minimum absolute atomic E-state index is 0.521. The first-order valence-corrected chi connectivity index (χ1v) is 9.33. The molecule has 0 amide bonds. The first-order valence-electron chi connectivity index (χ1n) is 8.51. The molecular weight excluding hydrogens is 339 g/mol. The Balaban J connectivity index is 1.79. The minimum Gasteiger partial charge on any atom is -0.423 e. The molecule has 0 atom stereocenters. The first-order chi connectivity index (χ1) is 12.7. The lowest BCUT2D eigenvalue weighted by Crippen LogP contribution is -2.29. The fourth-order valence-corrected chi connectivity index (χ4v) is 4.67. The van der Waals surface area contributed by atoms with Crippen molar-refractivity contribution in [1.82, 2.24) is 0 Å². The van der Waals surface area contributed by atoms with E-state index in [1.165, 1.54) is 26.6 Å². The highest BCUT2D eigenvalue weighted by molar-refractivity contribution is 7.25. The largest absolute Gasteiger partial charge is 0.488 e. The van der Waals surface area contributed by atoms with E-state index in [-0.39, 0.29) is 0 Å². The second kappa shape index (κ2) is 5.96. The summed E-state index contributed by atoms with van der Waals surface area (Å²) in [5.41, 5.74) is 2.90. The molecule has 0 aliphatic rings. The molecule has 0 aliphatic carbocycles. The Labute approximate surface area is 155 Å². The van der Waals surface area contributed by atoms with Crippen molar-refractivity contribution >= 4 is 54.9 Å². The summed E-state index contributed by atoms with van der Waals surface area (Å²) in [5.74, 6) is 0. The van der Waals surface area contributed by atoms with E-state index in [4.69, 9.17) is 0 Å². The van der Waals surface area contributed by atoms with Gasteiger partial charge in [-0.25, -0.2) is 0 Å². The van der Waals surface area contributed by atoms with Crippen LogP contribution in [0.2, 0.25) is 0 Å². The van der Waals surface area contributed by atoms with Gasteiger partial charge in [0.15, 0.2) is 0 Å². The smallest absolute Gasteiger partial charge is 0.423 e. The van der Waals surface area contributed by atoms with Gasteiger partial charge in [0.25, 0.3) is 0 Å². The Morgan fingerprint density at radius 2 is 1.38 bits per heavy atom. The van der Waals surface area contributed by atoms with E-state index >= 15 is 0 Å². The van der Waals surface area contributed by atoms with Crippen LogP contribution >= 0.6 is 11.3 Å². The van der Waals surface area contributed by atoms with Gasteiger partial charge in [-0.1, -0.05) is 60.7 Å². The highest BCUT2D eigenvalue weighted by Crippen LogP contribution is 2.37. The van der Waals surface area contributed by atoms with Gasteiger partial charge in [-0.05, 0) is 50.9 Å². The lowest BCUT2D eigenvalue weighted by molar-refractivity contribution is 0.426. The molecule has 0 aliphatic heterocycles. The summed E-state index contributed by atoms with van der Waals surface area (Å²) in [6.45, 7) is 0. The molecule has 5 rings (SSSR count). The number of hydrogen-bond donors (Lipinski definition) is 2. The molecular formula is C22H15BO2S. The summed E-state index contributed by atoms with van der Waals surface area (Å²) in [4.78, 5) is 0. The molecule has 4 heteroatoms. The molecule has 5 aromatic rings. The van der Waals surface area contributed by atoms with Crippen molar-refractivity contribution in [2.24, 2.45) is 0 Å². The molecule has 0 saturated heterocycles. The van der Waals surface area contributed by atoms with Crippen LogP contribution in [0, 0.1) is 0 Å². The van der Waals surface area contributed by atoms with Crippen LogP contribution in [0.5, 0.6) is 0 Å². The molecule has 124 valence electrons. The maximum Gasteiger partial charge on any atom is 0.488 e. The van der Waals surface area contributed by atoms with Crippen LogP contribution in [0.1, 0.15) is 0 Å². The second-order valence-corrected chi connectivity index (χ2v) is 7.55. The number of thiophene rings is 1. The zero-order valence-electron chi connectivity index (χ0n) is 13.9. The van der Waals surface area contributed by atoms with E-state index in [1.807, 2.05) is 12.1 Å². The fraction of sp³-hybridized carbons (Fsp3) is 0. The molecule has 0 bridgehead atoms. The van der Waals surface area contributed by atoms with Crippen LogP contribution < -0.4 is 5.46 Å². The van der Waals surface area contributed by atoms with E-state index in [9.17, 15) is 10.0 Å². The highest BCUT2D eigenvalue weighted by atomic mass is 32.1. The first kappa shape index (κ1) is 15.6. The van der Waals surface area contributed by atoms with Crippen molar-refractivity contribution < 1.29 is 10.0 Å². The summed E-state index contributed by atoms with van der Waals surface area (Å²) in [6, 6.07) is 26.9. The number of fused-ring (bicyclic) bond motifs is 4. The van der Waals surface area contributed by atoms with E-state index in [0.717, 1.165) is 15.5 Å². The van der Waals surface area contributed by atoms with Gasteiger partial charge in [-0.2, -0.15) is 0 Å². The Hall–Kier alpha value is -2.66. The normalized spacial score (nSPS) is 11.5. The lowest BCUT2D eigenvalue weighted by atomic mass is 9.80. The summed E-state index contributed by atoms with van der Waals surface area (Å²) < 4.78 is 2.35. The molecule has 0 fully saturated rings. The van der Waals surface area contributed by atoms with Crippen LogP contribution in [0.3, 0.4) is 0 Å². The Bertz CT molecular complexity index is 1270. The van der Waals surface area contributed by atoms with Gasteiger partial charge in [0.1, 0.15) is 0 Å². The average Bonchev–Trinajstić information content (AvgIpc) is 3.04. The second-order valence-electron chi connectivity index (χ2n) is 6.47. The highest BCUT2D eigenvalue weighted by Gasteiger charge is 2.14. The minimum atomic E-state index is -1.45. The third-order valence-corrected chi connectivity index (χ3v) is 6.04. The van der Waals surface area contributed by atoms with Gasteiger partial charge in [0.2, 0.25) is 0 Å². The molecule has 0 saturated carbocycles. The summed E-state index contributed by atoms with van der Waals surface area (Å²) >= 11 is 1.73. The van der Waals surface area contributed by atoms with Crippen LogP contribution in [0.15, 0.2) is 78.9 Å².